The number of unbranched alkanes of at least 4 members (excludes halogenated alkanes) is 1. The quantitative estimate of drug-likeness (QED) is 0.260. The Morgan fingerprint density at radius 3 is 1.93 bits per heavy atom. The van der Waals surface area contributed by atoms with Crippen LogP contribution in [0.2, 0.25) is 0 Å². The van der Waals surface area contributed by atoms with Crippen molar-refractivity contribution >= 4 is 45.3 Å². The molecule has 1 aliphatic heterocycles. The number of carbonyl (C=O) groups excluding carboxylic acids is 4. The van der Waals surface area contributed by atoms with E-state index in [2.05, 4.69) is 21.2 Å². The average Bonchev–Trinajstić information content (AvgIpc) is 3.24. The molecule has 210 valence electrons. The largest absolute Gasteiger partial charge is 0.454 e. The number of nitrogens with zero attached hydrogens (tertiary/aromatic N) is 1. The third-order valence-corrected chi connectivity index (χ3v) is 9.20. The molecule has 3 amide bonds. The van der Waals surface area contributed by atoms with Gasteiger partial charge in [-0.1, -0.05) is 84.2 Å². The van der Waals surface area contributed by atoms with Gasteiger partial charge in [-0.15, -0.1) is 0 Å². The molecule has 3 aromatic rings. The molecular weight excluding hydrogens is 584 g/mol. The molecule has 3 atom stereocenters. The van der Waals surface area contributed by atoms with Crippen molar-refractivity contribution < 1.29 is 23.9 Å². The highest BCUT2D eigenvalue weighted by atomic mass is 79.9. The number of imide groups is 1. The molecule has 1 heterocycles. The molecular formula is C33H31BrN2O5. The summed E-state index contributed by atoms with van der Waals surface area (Å²) in [7, 11) is 0. The second-order valence-electron chi connectivity index (χ2n) is 11.1. The third kappa shape index (κ3) is 4.58. The zero-order valence-electron chi connectivity index (χ0n) is 22.9. The second kappa shape index (κ2) is 10.9. The summed E-state index contributed by atoms with van der Waals surface area (Å²) in [4.78, 5) is 55.5. The summed E-state index contributed by atoms with van der Waals surface area (Å²) in [6.07, 6.45) is 1.69. The molecule has 3 aliphatic carbocycles. The first-order valence-electron chi connectivity index (χ1n) is 14.1. The molecule has 1 saturated heterocycles. The summed E-state index contributed by atoms with van der Waals surface area (Å²) >= 11 is 3.40. The standard InChI is InChI=1S/C33H31BrN2O5/c1-3-4-13-25(33(40)41-17-26(37)35-24-15-14-19(34)16-18(24)2)36-31(38)29-27-20-9-5-6-10-21(20)28(30(29)32(36)39)23-12-8-7-11-22(23)27/h5-12,14-16,25,27-30H,3-4,13,17H2,1-2H3,(H,35,37)/t25-,27?,28?,29+,30+/m1/s1. The summed E-state index contributed by atoms with van der Waals surface area (Å²) in [5, 5.41) is 2.76. The number of likely N-dealkylation sites (tertiary alicyclic amines) is 1. The Morgan fingerprint density at radius 2 is 1.44 bits per heavy atom. The van der Waals surface area contributed by atoms with Crippen molar-refractivity contribution in [3.63, 3.8) is 0 Å². The van der Waals surface area contributed by atoms with Crippen molar-refractivity contribution in [2.75, 3.05) is 11.9 Å². The van der Waals surface area contributed by atoms with Crippen LogP contribution in [0.5, 0.6) is 0 Å². The van der Waals surface area contributed by atoms with Gasteiger partial charge in [-0.2, -0.15) is 0 Å². The number of benzene rings is 3. The van der Waals surface area contributed by atoms with Crippen LogP contribution >= 0.6 is 15.9 Å². The lowest BCUT2D eigenvalue weighted by Crippen LogP contribution is -2.47. The normalized spacial score (nSPS) is 22.6. The van der Waals surface area contributed by atoms with Crippen molar-refractivity contribution in [1.82, 2.24) is 4.90 Å². The first-order chi connectivity index (χ1) is 19.8. The Labute approximate surface area is 247 Å². The third-order valence-electron chi connectivity index (χ3n) is 8.71. The van der Waals surface area contributed by atoms with Gasteiger partial charge in [-0.25, -0.2) is 4.79 Å². The minimum atomic E-state index is -1.08. The number of carbonyl (C=O) groups is 4. The topological polar surface area (TPSA) is 92.8 Å². The Bertz CT molecular complexity index is 1450. The van der Waals surface area contributed by atoms with Crippen LogP contribution in [0.15, 0.2) is 71.2 Å². The maximum Gasteiger partial charge on any atom is 0.329 e. The number of anilines is 1. The van der Waals surface area contributed by atoms with Crippen LogP contribution < -0.4 is 5.32 Å². The van der Waals surface area contributed by atoms with Crippen LogP contribution in [0.25, 0.3) is 0 Å². The van der Waals surface area contributed by atoms with Crippen molar-refractivity contribution in [3.05, 3.63) is 99.0 Å². The fraction of sp³-hybridized carbons (Fsp3) is 0.333. The zero-order valence-corrected chi connectivity index (χ0v) is 24.5. The Balaban J connectivity index is 1.26. The van der Waals surface area contributed by atoms with E-state index in [0.29, 0.717) is 12.1 Å². The van der Waals surface area contributed by atoms with Crippen molar-refractivity contribution in [1.29, 1.82) is 0 Å². The summed E-state index contributed by atoms with van der Waals surface area (Å²) in [6, 6.07) is 20.4. The van der Waals surface area contributed by atoms with E-state index in [0.717, 1.165) is 38.7 Å². The highest BCUT2D eigenvalue weighted by Gasteiger charge is 2.63. The smallest absolute Gasteiger partial charge is 0.329 e. The van der Waals surface area contributed by atoms with Gasteiger partial charge in [0.05, 0.1) is 11.8 Å². The lowest BCUT2D eigenvalue weighted by atomic mass is 9.55. The van der Waals surface area contributed by atoms with E-state index in [-0.39, 0.29) is 30.1 Å². The number of nitrogens with one attached hydrogen (secondary N) is 1. The molecule has 8 heteroatoms. The number of amides is 3. The SMILES string of the molecule is CCCC[C@H](C(=O)OCC(=O)Nc1ccc(Br)cc1C)N1C(=O)[C@H]2C3c4ccccc4C(c4ccccc43)[C@@H]2C1=O. The van der Waals surface area contributed by atoms with Gasteiger partial charge in [0.1, 0.15) is 6.04 Å². The maximum absolute atomic E-state index is 14.1. The monoisotopic (exact) mass is 614 g/mol. The van der Waals surface area contributed by atoms with Crippen molar-refractivity contribution in [3.8, 4) is 0 Å². The van der Waals surface area contributed by atoms with E-state index in [1.807, 2.05) is 74.5 Å². The van der Waals surface area contributed by atoms with E-state index < -0.39 is 36.4 Å². The number of esters is 1. The van der Waals surface area contributed by atoms with E-state index in [1.165, 1.54) is 4.90 Å². The van der Waals surface area contributed by atoms with Gasteiger partial charge in [-0.3, -0.25) is 19.3 Å². The van der Waals surface area contributed by atoms with Crippen LogP contribution in [0, 0.1) is 18.8 Å². The summed E-state index contributed by atoms with van der Waals surface area (Å²) < 4.78 is 6.34. The van der Waals surface area contributed by atoms with Crippen LogP contribution in [0.1, 0.15) is 65.8 Å². The van der Waals surface area contributed by atoms with Gasteiger partial charge in [0.25, 0.3) is 5.91 Å². The van der Waals surface area contributed by atoms with Crippen LogP contribution in [-0.4, -0.2) is 41.2 Å². The molecule has 1 fully saturated rings. The zero-order chi connectivity index (χ0) is 28.8. The average molecular weight is 616 g/mol. The molecule has 3 aromatic carbocycles. The Hall–Kier alpha value is -3.78. The van der Waals surface area contributed by atoms with Gasteiger partial charge < -0.3 is 10.1 Å². The van der Waals surface area contributed by atoms with E-state index in [1.54, 1.807) is 6.07 Å². The van der Waals surface area contributed by atoms with Gasteiger partial charge >= 0.3 is 5.97 Å². The van der Waals surface area contributed by atoms with Crippen LogP contribution in [-0.2, 0) is 23.9 Å². The number of halogens is 1. The van der Waals surface area contributed by atoms with E-state index in [4.69, 9.17) is 4.74 Å². The van der Waals surface area contributed by atoms with Crippen LogP contribution in [0.3, 0.4) is 0 Å². The summed E-state index contributed by atoms with van der Waals surface area (Å²) in [5.41, 5.74) is 5.77. The first kappa shape index (κ1) is 27.4. The molecule has 41 heavy (non-hydrogen) atoms. The minimum absolute atomic E-state index is 0.248. The van der Waals surface area contributed by atoms with E-state index >= 15 is 0 Å². The lowest BCUT2D eigenvalue weighted by Gasteiger charge is -2.45. The summed E-state index contributed by atoms with van der Waals surface area (Å²) in [6.45, 7) is 3.33. The fourth-order valence-corrected chi connectivity index (χ4v) is 7.42. The number of hydrogen-bond acceptors (Lipinski definition) is 5. The maximum atomic E-state index is 14.1. The molecule has 0 aromatic heterocycles. The molecule has 1 N–H and O–H groups in total. The molecule has 2 bridgehead atoms. The Morgan fingerprint density at radius 1 is 0.902 bits per heavy atom. The lowest BCUT2D eigenvalue weighted by molar-refractivity contribution is -0.160. The predicted octanol–water partition coefficient (Wildman–Crippen LogP) is 5.69. The van der Waals surface area contributed by atoms with Crippen LogP contribution in [0.4, 0.5) is 5.69 Å². The van der Waals surface area contributed by atoms with E-state index in [9.17, 15) is 19.2 Å². The molecule has 4 aliphatic rings. The molecule has 7 rings (SSSR count). The molecule has 0 spiro atoms. The molecule has 0 unspecified atom stereocenters. The van der Waals surface area contributed by atoms with Crippen molar-refractivity contribution in [2.45, 2.75) is 51.0 Å². The van der Waals surface area contributed by atoms with Gasteiger partial charge in [0, 0.05) is 22.0 Å². The molecule has 7 nitrogen and oxygen atoms in total. The molecule has 0 saturated carbocycles. The Kier molecular flexibility index (Phi) is 7.28. The first-order valence-corrected chi connectivity index (χ1v) is 14.9. The van der Waals surface area contributed by atoms with Crippen molar-refractivity contribution in [2.24, 2.45) is 11.8 Å². The number of rotatable bonds is 8. The second-order valence-corrected chi connectivity index (χ2v) is 12.0. The number of aryl methyl sites for hydroxylation is 1. The minimum Gasteiger partial charge on any atom is -0.454 e. The summed E-state index contributed by atoms with van der Waals surface area (Å²) in [5.74, 6) is -3.52. The number of hydrogen-bond donors (Lipinski definition) is 1. The van der Waals surface area contributed by atoms with Gasteiger partial charge in [0.15, 0.2) is 6.61 Å². The van der Waals surface area contributed by atoms with Gasteiger partial charge in [0.2, 0.25) is 11.8 Å². The molecule has 0 radical (unpaired) electrons. The predicted molar refractivity (Wildman–Crippen MR) is 157 cm³/mol. The highest BCUT2D eigenvalue weighted by Crippen LogP contribution is 2.61. The number of ether oxygens (including phenoxy) is 1. The highest BCUT2D eigenvalue weighted by molar-refractivity contribution is 9.10. The fourth-order valence-electron chi connectivity index (χ4n) is 6.94. The van der Waals surface area contributed by atoms with Gasteiger partial charge in [-0.05, 0) is 59.4 Å².